The molecule has 7 nitrogen and oxygen atoms in total. The van der Waals surface area contributed by atoms with E-state index in [4.69, 9.17) is 14.2 Å². The molecule has 2 rings (SSSR count). The molecule has 0 spiro atoms. The molecule has 1 heterocycles. The van der Waals surface area contributed by atoms with Gasteiger partial charge in [0.25, 0.3) is 0 Å². The molecule has 27 heavy (non-hydrogen) atoms. The standard InChI is InChI=1S/C20H26O7/c1-11(2)19(23)27-18-16-12(3)20(24)26-15(16)8-13(9-21)6-5-7-14(10-22)17(18)25-4/h7-8,10-11,15-18,21H,3,5-6,9H2,1-2,4H3/b13-8-,14-7-/t15-,16+,17+,18+/m1/s1. The van der Waals surface area contributed by atoms with Crippen molar-refractivity contribution >= 4 is 18.2 Å². The molecule has 2 aliphatic rings. The lowest BCUT2D eigenvalue weighted by Crippen LogP contribution is -2.44. The number of carbonyl (C=O) groups is 3. The van der Waals surface area contributed by atoms with Crippen LogP contribution in [0.5, 0.6) is 0 Å². The lowest BCUT2D eigenvalue weighted by molar-refractivity contribution is -0.163. The van der Waals surface area contributed by atoms with Gasteiger partial charge in [-0.1, -0.05) is 26.5 Å². The van der Waals surface area contributed by atoms with Gasteiger partial charge in [-0.05, 0) is 24.5 Å². The molecule has 148 valence electrons. The first kappa shape index (κ1) is 21.1. The smallest absolute Gasteiger partial charge is 0.334 e. The third-order valence-corrected chi connectivity index (χ3v) is 4.80. The van der Waals surface area contributed by atoms with Gasteiger partial charge >= 0.3 is 11.9 Å². The molecule has 0 bridgehead atoms. The van der Waals surface area contributed by atoms with Gasteiger partial charge in [0.2, 0.25) is 0 Å². The first-order valence-electron chi connectivity index (χ1n) is 8.92. The van der Waals surface area contributed by atoms with Gasteiger partial charge in [-0.3, -0.25) is 9.59 Å². The van der Waals surface area contributed by atoms with Crippen LogP contribution in [0.15, 0.2) is 35.5 Å². The molecular formula is C20H26O7. The summed E-state index contributed by atoms with van der Waals surface area (Å²) in [5.74, 6) is -2.22. The molecule has 1 aliphatic carbocycles. The van der Waals surface area contributed by atoms with Gasteiger partial charge in [0.05, 0.1) is 18.4 Å². The van der Waals surface area contributed by atoms with Crippen LogP contribution in [0.4, 0.5) is 0 Å². The average molecular weight is 378 g/mol. The van der Waals surface area contributed by atoms with Crippen LogP contribution in [0.1, 0.15) is 26.7 Å². The van der Waals surface area contributed by atoms with Crippen molar-refractivity contribution in [3.63, 3.8) is 0 Å². The first-order valence-corrected chi connectivity index (χ1v) is 8.92. The van der Waals surface area contributed by atoms with Gasteiger partial charge in [-0.25, -0.2) is 4.79 Å². The highest BCUT2D eigenvalue weighted by molar-refractivity contribution is 5.91. The van der Waals surface area contributed by atoms with Crippen molar-refractivity contribution in [3.05, 3.63) is 35.5 Å². The van der Waals surface area contributed by atoms with Gasteiger partial charge in [0, 0.05) is 18.3 Å². The second-order valence-corrected chi connectivity index (χ2v) is 6.98. The molecule has 0 aromatic carbocycles. The molecule has 4 atom stereocenters. The third kappa shape index (κ3) is 4.54. The highest BCUT2D eigenvalue weighted by Gasteiger charge is 2.48. The van der Waals surface area contributed by atoms with E-state index < -0.39 is 42.1 Å². The van der Waals surface area contributed by atoms with Crippen LogP contribution in [0.2, 0.25) is 0 Å². The highest BCUT2D eigenvalue weighted by Crippen LogP contribution is 2.37. The third-order valence-electron chi connectivity index (χ3n) is 4.80. The van der Waals surface area contributed by atoms with Crippen LogP contribution in [0.3, 0.4) is 0 Å². The Morgan fingerprint density at radius 1 is 1.48 bits per heavy atom. The zero-order chi connectivity index (χ0) is 20.1. The molecule has 0 aromatic heterocycles. The fourth-order valence-electron chi connectivity index (χ4n) is 3.29. The Kier molecular flexibility index (Phi) is 7.10. The molecule has 1 N–H and O–H groups in total. The van der Waals surface area contributed by atoms with Gasteiger partial charge in [0.15, 0.2) is 0 Å². The summed E-state index contributed by atoms with van der Waals surface area (Å²) in [6.07, 6.45) is 2.40. The van der Waals surface area contributed by atoms with Crippen LogP contribution in [-0.2, 0) is 28.6 Å². The van der Waals surface area contributed by atoms with Crippen LogP contribution in [0.25, 0.3) is 0 Å². The van der Waals surface area contributed by atoms with E-state index in [2.05, 4.69) is 6.58 Å². The molecule has 1 fully saturated rings. The van der Waals surface area contributed by atoms with E-state index >= 15 is 0 Å². The number of carbonyl (C=O) groups excluding carboxylic acids is 3. The number of fused-ring (bicyclic) bond motifs is 1. The lowest BCUT2D eigenvalue weighted by Gasteiger charge is -2.33. The van der Waals surface area contributed by atoms with Gasteiger partial charge < -0.3 is 19.3 Å². The quantitative estimate of drug-likeness (QED) is 0.335. The van der Waals surface area contributed by atoms with Crippen LogP contribution >= 0.6 is 0 Å². The number of allylic oxidation sites excluding steroid dienone is 1. The number of ether oxygens (including phenoxy) is 3. The molecule has 1 saturated heterocycles. The Morgan fingerprint density at radius 2 is 2.19 bits per heavy atom. The number of hydrogen-bond acceptors (Lipinski definition) is 7. The van der Waals surface area contributed by atoms with Crippen molar-refractivity contribution in [2.45, 2.75) is 45.0 Å². The fraction of sp³-hybridized carbons (Fsp3) is 0.550. The number of esters is 2. The molecule has 1 aliphatic heterocycles. The minimum Gasteiger partial charge on any atom is -0.458 e. The molecule has 7 heteroatoms. The number of rotatable bonds is 5. The summed E-state index contributed by atoms with van der Waals surface area (Å²) in [6, 6.07) is 0. The molecule has 0 radical (unpaired) electrons. The van der Waals surface area contributed by atoms with Crippen molar-refractivity contribution in [1.82, 2.24) is 0 Å². The number of aldehydes is 1. The van der Waals surface area contributed by atoms with E-state index in [1.54, 1.807) is 26.0 Å². The van der Waals surface area contributed by atoms with Crippen molar-refractivity contribution < 1.29 is 33.7 Å². The summed E-state index contributed by atoms with van der Waals surface area (Å²) < 4.78 is 16.6. The minimum absolute atomic E-state index is 0.142. The number of methoxy groups -OCH3 is 1. The molecule has 0 saturated carbocycles. The predicted molar refractivity (Wildman–Crippen MR) is 96.6 cm³/mol. The van der Waals surface area contributed by atoms with Gasteiger partial charge in [-0.2, -0.15) is 0 Å². The van der Waals surface area contributed by atoms with E-state index in [1.165, 1.54) is 7.11 Å². The molecular weight excluding hydrogens is 352 g/mol. The summed E-state index contributed by atoms with van der Waals surface area (Å²) in [6.45, 7) is 6.97. The number of aliphatic hydroxyl groups excluding tert-OH is 1. The topological polar surface area (TPSA) is 99.1 Å². The monoisotopic (exact) mass is 378 g/mol. The molecule has 0 aromatic rings. The fourth-order valence-corrected chi connectivity index (χ4v) is 3.29. The zero-order valence-corrected chi connectivity index (χ0v) is 15.8. The van der Waals surface area contributed by atoms with Crippen molar-refractivity contribution in [1.29, 1.82) is 0 Å². The molecule has 0 unspecified atom stereocenters. The van der Waals surface area contributed by atoms with E-state index in [0.717, 1.165) is 0 Å². The number of hydrogen-bond donors (Lipinski definition) is 1. The lowest BCUT2D eigenvalue weighted by atomic mass is 9.83. The SMILES string of the molecule is C=C1C(=O)O[C@@H]2/C=C(\CO)CC/C=C(/C=O)[C@H](OC)[C@@H](OC(=O)C(C)C)[C@@H]12. The van der Waals surface area contributed by atoms with E-state index in [-0.39, 0.29) is 12.2 Å². The van der Waals surface area contributed by atoms with Gasteiger partial charge in [0.1, 0.15) is 24.6 Å². The maximum atomic E-state index is 12.3. The summed E-state index contributed by atoms with van der Waals surface area (Å²) >= 11 is 0. The summed E-state index contributed by atoms with van der Waals surface area (Å²) in [5, 5.41) is 9.60. The average Bonchev–Trinajstić information content (AvgIpc) is 2.92. The highest BCUT2D eigenvalue weighted by atomic mass is 16.6. The Bertz CT molecular complexity index is 674. The maximum absolute atomic E-state index is 12.3. The summed E-state index contributed by atoms with van der Waals surface area (Å²) in [7, 11) is 1.41. The zero-order valence-electron chi connectivity index (χ0n) is 15.8. The molecule has 0 amide bonds. The van der Waals surface area contributed by atoms with E-state index in [9.17, 15) is 19.5 Å². The second kappa shape index (κ2) is 9.10. The number of aliphatic hydroxyl groups is 1. The predicted octanol–water partition coefficient (Wildman–Crippen LogP) is 1.50. The largest absolute Gasteiger partial charge is 0.458 e. The van der Waals surface area contributed by atoms with Crippen LogP contribution < -0.4 is 0 Å². The maximum Gasteiger partial charge on any atom is 0.334 e. The Hall–Kier alpha value is -2.25. The van der Waals surface area contributed by atoms with Crippen molar-refractivity contribution in [3.8, 4) is 0 Å². The van der Waals surface area contributed by atoms with Crippen molar-refractivity contribution in [2.24, 2.45) is 11.8 Å². The van der Waals surface area contributed by atoms with Crippen molar-refractivity contribution in [2.75, 3.05) is 13.7 Å². The first-order chi connectivity index (χ1) is 12.8. The van der Waals surface area contributed by atoms with Crippen LogP contribution in [0, 0.1) is 11.8 Å². The Labute approximate surface area is 158 Å². The summed E-state index contributed by atoms with van der Waals surface area (Å²) in [4.78, 5) is 36.2. The summed E-state index contributed by atoms with van der Waals surface area (Å²) in [5.41, 5.74) is 1.12. The second-order valence-electron chi connectivity index (χ2n) is 6.98. The van der Waals surface area contributed by atoms with Crippen LogP contribution in [-0.4, -0.2) is 55.4 Å². The normalized spacial score (nSPS) is 32.6. The van der Waals surface area contributed by atoms with Gasteiger partial charge in [-0.15, -0.1) is 0 Å². The van der Waals surface area contributed by atoms with E-state index in [0.29, 0.717) is 30.3 Å². The Balaban J connectivity index is 2.57. The van der Waals surface area contributed by atoms with E-state index in [1.807, 2.05) is 0 Å². The Morgan fingerprint density at radius 3 is 2.74 bits per heavy atom. The minimum atomic E-state index is -0.973.